The van der Waals surface area contributed by atoms with Crippen LogP contribution in [-0.4, -0.2) is 18.9 Å². The van der Waals surface area contributed by atoms with Crippen LogP contribution in [0.1, 0.15) is 16.8 Å². The van der Waals surface area contributed by atoms with Crippen molar-refractivity contribution in [3.8, 4) is 0 Å². The molecule has 0 saturated carbocycles. The number of esters is 1. The molecule has 92 valence electrons. The second kappa shape index (κ2) is 4.83. The maximum Gasteiger partial charge on any atom is 0.347 e. The first kappa shape index (κ1) is 12.0. The summed E-state index contributed by atoms with van der Waals surface area (Å²) in [6.07, 6.45) is -0.473. The summed E-state index contributed by atoms with van der Waals surface area (Å²) in [5.41, 5.74) is -0.487. The van der Waals surface area contributed by atoms with Crippen LogP contribution >= 0.6 is 0 Å². The van der Waals surface area contributed by atoms with E-state index in [1.807, 2.05) is 0 Å². The lowest BCUT2D eigenvalue weighted by molar-refractivity contribution is -0.139. The molecule has 1 aromatic carbocycles. The van der Waals surface area contributed by atoms with Crippen molar-refractivity contribution in [1.82, 2.24) is 0 Å². The third kappa shape index (κ3) is 2.29. The van der Waals surface area contributed by atoms with Gasteiger partial charge in [-0.05, 0) is 12.1 Å². The molecule has 0 aliphatic heterocycles. The fourth-order valence-corrected chi connectivity index (χ4v) is 1.55. The standard InChI is InChI=1S/C13H10O5/c1-17-12(15)7-10(14)9-6-8-4-2-3-5-11(8)18-13(9)16/h2-6H,7H2,1H3. The monoisotopic (exact) mass is 246 g/mol. The number of methoxy groups -OCH3 is 1. The number of para-hydroxylation sites is 1. The predicted molar refractivity (Wildman–Crippen MR) is 63.4 cm³/mol. The van der Waals surface area contributed by atoms with E-state index < -0.39 is 23.8 Å². The molecule has 0 radical (unpaired) electrons. The number of rotatable bonds is 3. The van der Waals surface area contributed by atoms with E-state index in [9.17, 15) is 14.4 Å². The summed E-state index contributed by atoms with van der Waals surface area (Å²) in [5, 5.41) is 0.630. The van der Waals surface area contributed by atoms with E-state index in [1.54, 1.807) is 24.3 Å². The molecule has 2 rings (SSSR count). The number of hydrogen-bond donors (Lipinski definition) is 0. The first-order valence-corrected chi connectivity index (χ1v) is 5.24. The molecule has 0 saturated heterocycles. The zero-order valence-electron chi connectivity index (χ0n) is 9.64. The summed E-state index contributed by atoms with van der Waals surface area (Å²) >= 11 is 0. The molecule has 0 N–H and O–H groups in total. The molecule has 0 atom stereocenters. The molecule has 1 aromatic heterocycles. The molecule has 18 heavy (non-hydrogen) atoms. The molecule has 5 heteroatoms. The number of benzene rings is 1. The lowest BCUT2D eigenvalue weighted by Gasteiger charge is -2.00. The molecule has 0 aliphatic carbocycles. The highest BCUT2D eigenvalue weighted by Crippen LogP contribution is 2.13. The molecule has 0 fully saturated rings. The lowest BCUT2D eigenvalue weighted by Crippen LogP contribution is -2.17. The summed E-state index contributed by atoms with van der Waals surface area (Å²) in [6.45, 7) is 0. The number of carbonyl (C=O) groups is 2. The van der Waals surface area contributed by atoms with Crippen LogP contribution in [0.4, 0.5) is 0 Å². The van der Waals surface area contributed by atoms with Gasteiger partial charge in [0.25, 0.3) is 0 Å². The smallest absolute Gasteiger partial charge is 0.347 e. The van der Waals surface area contributed by atoms with Crippen molar-refractivity contribution in [2.24, 2.45) is 0 Å². The average molecular weight is 246 g/mol. The van der Waals surface area contributed by atoms with Gasteiger partial charge in [0.05, 0.1) is 7.11 Å². The van der Waals surface area contributed by atoms with Gasteiger partial charge in [-0.3, -0.25) is 9.59 Å². The summed E-state index contributed by atoms with van der Waals surface area (Å²) in [4.78, 5) is 34.3. The summed E-state index contributed by atoms with van der Waals surface area (Å²) in [5.74, 6) is -1.30. The summed E-state index contributed by atoms with van der Waals surface area (Å²) in [7, 11) is 1.18. The zero-order valence-corrected chi connectivity index (χ0v) is 9.64. The van der Waals surface area contributed by atoms with Crippen molar-refractivity contribution < 1.29 is 18.7 Å². The minimum atomic E-state index is -0.748. The van der Waals surface area contributed by atoms with Gasteiger partial charge in [-0.15, -0.1) is 0 Å². The number of hydrogen-bond acceptors (Lipinski definition) is 5. The van der Waals surface area contributed by atoms with Crippen LogP contribution in [0.3, 0.4) is 0 Å². The van der Waals surface area contributed by atoms with Crippen molar-refractivity contribution in [2.75, 3.05) is 7.11 Å². The fourth-order valence-electron chi connectivity index (χ4n) is 1.55. The minimum absolute atomic E-state index is 0.140. The quantitative estimate of drug-likeness (QED) is 0.355. The highest BCUT2D eigenvalue weighted by Gasteiger charge is 2.17. The SMILES string of the molecule is COC(=O)CC(=O)c1cc2ccccc2oc1=O. The lowest BCUT2D eigenvalue weighted by atomic mass is 10.1. The van der Waals surface area contributed by atoms with Crippen LogP contribution in [0, 0.1) is 0 Å². The minimum Gasteiger partial charge on any atom is -0.469 e. The van der Waals surface area contributed by atoms with Crippen molar-refractivity contribution in [3.63, 3.8) is 0 Å². The molecule has 0 aliphatic rings. The Morgan fingerprint density at radius 1 is 1.28 bits per heavy atom. The highest BCUT2D eigenvalue weighted by molar-refractivity contribution is 6.06. The normalized spacial score (nSPS) is 10.3. The molecule has 0 bridgehead atoms. The van der Waals surface area contributed by atoms with Crippen LogP contribution in [-0.2, 0) is 9.53 Å². The third-order valence-corrected chi connectivity index (χ3v) is 2.47. The maximum absolute atomic E-state index is 11.7. The van der Waals surface area contributed by atoms with Gasteiger partial charge < -0.3 is 9.15 Å². The topological polar surface area (TPSA) is 73.6 Å². The predicted octanol–water partition coefficient (Wildman–Crippen LogP) is 1.54. The zero-order chi connectivity index (χ0) is 13.1. The molecular weight excluding hydrogens is 236 g/mol. The van der Waals surface area contributed by atoms with Crippen LogP contribution < -0.4 is 5.63 Å². The van der Waals surface area contributed by atoms with Gasteiger partial charge in [0.15, 0.2) is 5.78 Å². The molecule has 0 unspecified atom stereocenters. The second-order valence-electron chi connectivity index (χ2n) is 3.66. The Balaban J connectivity index is 2.45. The Morgan fingerprint density at radius 2 is 2.00 bits per heavy atom. The molecular formula is C13H10O5. The maximum atomic E-state index is 11.7. The average Bonchev–Trinajstić information content (AvgIpc) is 2.37. The fraction of sp³-hybridized carbons (Fsp3) is 0.154. The van der Waals surface area contributed by atoms with Crippen molar-refractivity contribution >= 4 is 22.7 Å². The van der Waals surface area contributed by atoms with Crippen LogP contribution in [0.15, 0.2) is 39.5 Å². The third-order valence-electron chi connectivity index (χ3n) is 2.47. The molecule has 5 nitrogen and oxygen atoms in total. The Kier molecular flexibility index (Phi) is 3.23. The van der Waals surface area contributed by atoms with Gasteiger partial charge in [0.1, 0.15) is 17.6 Å². The van der Waals surface area contributed by atoms with Gasteiger partial charge in [0.2, 0.25) is 0 Å². The van der Waals surface area contributed by atoms with Crippen molar-refractivity contribution in [2.45, 2.75) is 6.42 Å². The number of carbonyl (C=O) groups excluding carboxylic acids is 2. The van der Waals surface area contributed by atoms with E-state index in [1.165, 1.54) is 13.2 Å². The Bertz CT molecular complexity index is 668. The largest absolute Gasteiger partial charge is 0.469 e. The van der Waals surface area contributed by atoms with Crippen molar-refractivity contribution in [3.05, 3.63) is 46.3 Å². The summed E-state index contributed by atoms with van der Waals surface area (Å²) in [6, 6.07) is 8.25. The van der Waals surface area contributed by atoms with E-state index in [-0.39, 0.29) is 5.56 Å². The highest BCUT2D eigenvalue weighted by atomic mass is 16.5. The first-order valence-electron chi connectivity index (χ1n) is 5.24. The van der Waals surface area contributed by atoms with Crippen LogP contribution in [0.2, 0.25) is 0 Å². The van der Waals surface area contributed by atoms with E-state index >= 15 is 0 Å². The Morgan fingerprint density at radius 3 is 2.72 bits per heavy atom. The van der Waals surface area contributed by atoms with Crippen LogP contribution in [0.25, 0.3) is 11.0 Å². The van der Waals surface area contributed by atoms with E-state index in [0.29, 0.717) is 11.0 Å². The molecule has 1 heterocycles. The first-order chi connectivity index (χ1) is 8.61. The number of fused-ring (bicyclic) bond motifs is 1. The van der Waals surface area contributed by atoms with Gasteiger partial charge in [-0.2, -0.15) is 0 Å². The molecule has 0 amide bonds. The number of Topliss-reactive ketones (excluding diaryl/α,β-unsaturated/α-hetero) is 1. The van der Waals surface area contributed by atoms with Crippen molar-refractivity contribution in [1.29, 1.82) is 0 Å². The Labute approximate surface area is 102 Å². The molecule has 2 aromatic rings. The van der Waals surface area contributed by atoms with Crippen LogP contribution in [0.5, 0.6) is 0 Å². The van der Waals surface area contributed by atoms with E-state index in [0.717, 1.165) is 0 Å². The van der Waals surface area contributed by atoms with E-state index in [4.69, 9.17) is 4.42 Å². The summed E-state index contributed by atoms with van der Waals surface area (Å²) < 4.78 is 9.38. The second-order valence-corrected chi connectivity index (χ2v) is 3.66. The van der Waals surface area contributed by atoms with E-state index in [2.05, 4.69) is 4.74 Å². The number of ketones is 1. The van der Waals surface area contributed by atoms with Gasteiger partial charge in [-0.25, -0.2) is 4.79 Å². The number of ether oxygens (including phenoxy) is 1. The van der Waals surface area contributed by atoms with Gasteiger partial charge in [0, 0.05) is 5.39 Å². The van der Waals surface area contributed by atoms with Gasteiger partial charge in [-0.1, -0.05) is 18.2 Å². The Hall–Kier alpha value is -2.43. The molecule has 0 spiro atoms. The van der Waals surface area contributed by atoms with Gasteiger partial charge >= 0.3 is 11.6 Å².